The molecule has 42 heavy (non-hydrogen) atoms. The Labute approximate surface area is 249 Å². The SMILES string of the molecule is CC(C)(C)CCOCCOCCC(=O)NCCC(=O)N1Cc2ccccc2-c2nnn(C(C)(C)C)c2-c2ccccc21. The summed E-state index contributed by atoms with van der Waals surface area (Å²) in [6, 6.07) is 15.9. The second-order valence-electron chi connectivity index (χ2n) is 12.9. The maximum absolute atomic E-state index is 13.7. The molecular weight excluding hydrogens is 530 g/mol. The van der Waals surface area contributed by atoms with E-state index < -0.39 is 0 Å². The average molecular weight is 576 g/mol. The van der Waals surface area contributed by atoms with Crippen LogP contribution in [0.4, 0.5) is 5.69 Å². The number of hydrogen-bond donors (Lipinski definition) is 1. The molecule has 1 N–H and O–H groups in total. The highest BCUT2D eigenvalue weighted by Crippen LogP contribution is 2.42. The number of fused-ring (bicyclic) bond motifs is 5. The van der Waals surface area contributed by atoms with E-state index in [1.165, 1.54) is 0 Å². The number of aromatic nitrogens is 3. The van der Waals surface area contributed by atoms with E-state index in [0.29, 0.717) is 33.0 Å². The van der Waals surface area contributed by atoms with E-state index in [2.05, 4.69) is 57.2 Å². The first-order chi connectivity index (χ1) is 20.0. The highest BCUT2D eigenvalue weighted by atomic mass is 16.5. The first-order valence-electron chi connectivity index (χ1n) is 14.8. The number of rotatable bonds is 11. The van der Waals surface area contributed by atoms with Crippen molar-refractivity contribution < 1.29 is 19.1 Å². The number of benzene rings is 2. The van der Waals surface area contributed by atoms with Gasteiger partial charge in [0.25, 0.3) is 0 Å². The lowest BCUT2D eigenvalue weighted by Crippen LogP contribution is -2.35. The van der Waals surface area contributed by atoms with Gasteiger partial charge in [-0.1, -0.05) is 68.4 Å². The van der Waals surface area contributed by atoms with Crippen molar-refractivity contribution in [1.29, 1.82) is 0 Å². The zero-order chi connectivity index (χ0) is 30.3. The fourth-order valence-corrected chi connectivity index (χ4v) is 4.85. The standard InChI is InChI=1S/C33H45N5O4/c1-32(2,3)17-20-42-22-21-41-19-16-28(39)34-18-15-29(40)37-23-24-11-7-8-12-25(24)30-31(26-13-9-10-14-27(26)37)38(36-35-30)33(4,5)6/h7-14H,15-23H2,1-6H3,(H,34,39). The molecule has 2 heterocycles. The minimum Gasteiger partial charge on any atom is -0.379 e. The molecule has 0 unspecified atom stereocenters. The van der Waals surface area contributed by atoms with Crippen molar-refractivity contribution >= 4 is 17.5 Å². The molecule has 0 saturated heterocycles. The molecule has 9 nitrogen and oxygen atoms in total. The quantitative estimate of drug-likeness (QED) is 0.300. The third-order valence-electron chi connectivity index (χ3n) is 7.16. The lowest BCUT2D eigenvalue weighted by molar-refractivity contribution is -0.122. The summed E-state index contributed by atoms with van der Waals surface area (Å²) < 4.78 is 13.1. The molecule has 0 aliphatic carbocycles. The van der Waals surface area contributed by atoms with Crippen molar-refractivity contribution in [2.75, 3.05) is 37.9 Å². The Morgan fingerprint density at radius 1 is 0.857 bits per heavy atom. The Morgan fingerprint density at radius 2 is 1.52 bits per heavy atom. The van der Waals surface area contributed by atoms with E-state index >= 15 is 0 Å². The molecule has 2 amide bonds. The van der Waals surface area contributed by atoms with Gasteiger partial charge in [0, 0.05) is 37.1 Å². The van der Waals surface area contributed by atoms with Gasteiger partial charge in [-0.05, 0) is 44.2 Å². The van der Waals surface area contributed by atoms with Crippen molar-refractivity contribution in [2.45, 2.75) is 72.9 Å². The molecule has 9 heteroatoms. The summed E-state index contributed by atoms with van der Waals surface area (Å²) >= 11 is 0. The number of carbonyl (C=O) groups excluding carboxylic acids is 2. The fourth-order valence-electron chi connectivity index (χ4n) is 4.85. The third kappa shape index (κ3) is 8.04. The van der Waals surface area contributed by atoms with E-state index in [0.717, 1.165) is 40.2 Å². The zero-order valence-corrected chi connectivity index (χ0v) is 25.9. The second kappa shape index (κ2) is 13.6. The molecule has 0 fully saturated rings. The van der Waals surface area contributed by atoms with Crippen LogP contribution in [0.2, 0.25) is 0 Å². The van der Waals surface area contributed by atoms with Gasteiger partial charge >= 0.3 is 0 Å². The molecular formula is C33H45N5O4. The number of carbonyl (C=O) groups is 2. The normalized spacial score (nSPS) is 13.0. The van der Waals surface area contributed by atoms with Gasteiger partial charge in [-0.3, -0.25) is 9.59 Å². The predicted octanol–water partition coefficient (Wildman–Crippen LogP) is 5.58. The summed E-state index contributed by atoms with van der Waals surface area (Å²) in [5, 5.41) is 12.0. The molecule has 2 aromatic carbocycles. The van der Waals surface area contributed by atoms with Gasteiger partial charge in [0.15, 0.2) is 0 Å². The van der Waals surface area contributed by atoms with Crippen LogP contribution in [-0.4, -0.2) is 59.8 Å². The predicted molar refractivity (Wildman–Crippen MR) is 165 cm³/mol. The third-order valence-corrected chi connectivity index (χ3v) is 7.16. The number of ether oxygens (including phenoxy) is 2. The Kier molecular flexibility index (Phi) is 10.2. The van der Waals surface area contributed by atoms with Crippen LogP contribution in [0.5, 0.6) is 0 Å². The molecule has 3 aromatic rings. The summed E-state index contributed by atoms with van der Waals surface area (Å²) in [6.07, 6.45) is 1.40. The van der Waals surface area contributed by atoms with E-state index in [9.17, 15) is 9.59 Å². The molecule has 1 aromatic heterocycles. The van der Waals surface area contributed by atoms with Gasteiger partial charge in [-0.15, -0.1) is 5.10 Å². The fraction of sp³-hybridized carbons (Fsp3) is 0.515. The maximum Gasteiger partial charge on any atom is 0.229 e. The highest BCUT2D eigenvalue weighted by Gasteiger charge is 2.31. The van der Waals surface area contributed by atoms with Gasteiger partial charge in [-0.25, -0.2) is 4.68 Å². The molecule has 0 spiro atoms. The Balaban J connectivity index is 1.38. The van der Waals surface area contributed by atoms with E-state index in [1.54, 1.807) is 0 Å². The smallest absolute Gasteiger partial charge is 0.229 e. The number of hydrogen-bond acceptors (Lipinski definition) is 6. The Bertz CT molecular complexity index is 1370. The first-order valence-corrected chi connectivity index (χ1v) is 14.8. The van der Waals surface area contributed by atoms with Gasteiger partial charge in [0.2, 0.25) is 11.8 Å². The number of amides is 2. The maximum atomic E-state index is 13.7. The molecule has 1 aliphatic heterocycles. The summed E-state index contributed by atoms with van der Waals surface area (Å²) in [5.74, 6) is -0.209. The lowest BCUT2D eigenvalue weighted by atomic mass is 9.93. The van der Waals surface area contributed by atoms with Crippen LogP contribution < -0.4 is 10.2 Å². The zero-order valence-electron chi connectivity index (χ0n) is 25.9. The van der Waals surface area contributed by atoms with Crippen LogP contribution >= 0.6 is 0 Å². The van der Waals surface area contributed by atoms with Crippen LogP contribution in [0.1, 0.15) is 66.4 Å². The molecule has 4 rings (SSSR count). The van der Waals surface area contributed by atoms with Crippen molar-refractivity contribution in [3.63, 3.8) is 0 Å². The number of anilines is 1. The van der Waals surface area contributed by atoms with Crippen LogP contribution in [0.15, 0.2) is 48.5 Å². The van der Waals surface area contributed by atoms with Gasteiger partial charge in [0.1, 0.15) is 5.69 Å². The Hall–Kier alpha value is -3.56. The van der Waals surface area contributed by atoms with Crippen LogP contribution in [0.25, 0.3) is 22.5 Å². The summed E-state index contributed by atoms with van der Waals surface area (Å²) in [7, 11) is 0. The van der Waals surface area contributed by atoms with E-state index in [4.69, 9.17) is 9.47 Å². The van der Waals surface area contributed by atoms with Gasteiger partial charge in [-0.2, -0.15) is 0 Å². The number of nitrogens with one attached hydrogen (secondary N) is 1. The molecule has 0 saturated carbocycles. The van der Waals surface area contributed by atoms with Crippen molar-refractivity contribution in [2.24, 2.45) is 5.41 Å². The highest BCUT2D eigenvalue weighted by molar-refractivity contribution is 6.00. The van der Waals surface area contributed by atoms with E-state index in [1.807, 2.05) is 58.1 Å². The molecule has 0 bridgehead atoms. The van der Waals surface area contributed by atoms with Crippen molar-refractivity contribution in [3.05, 3.63) is 54.1 Å². The van der Waals surface area contributed by atoms with Crippen molar-refractivity contribution in [1.82, 2.24) is 20.3 Å². The molecule has 0 atom stereocenters. The summed E-state index contributed by atoms with van der Waals surface area (Å²) in [6.45, 7) is 15.5. The monoisotopic (exact) mass is 575 g/mol. The summed E-state index contributed by atoms with van der Waals surface area (Å²) in [5.41, 5.74) is 5.28. The van der Waals surface area contributed by atoms with Crippen LogP contribution in [0, 0.1) is 5.41 Å². The van der Waals surface area contributed by atoms with Gasteiger partial charge in [0.05, 0.1) is 43.3 Å². The van der Waals surface area contributed by atoms with E-state index in [-0.39, 0.29) is 42.2 Å². The van der Waals surface area contributed by atoms with Crippen LogP contribution in [-0.2, 0) is 31.1 Å². The molecule has 0 radical (unpaired) electrons. The molecule has 226 valence electrons. The lowest BCUT2D eigenvalue weighted by Gasteiger charge is -2.30. The average Bonchev–Trinajstić information content (AvgIpc) is 3.37. The largest absolute Gasteiger partial charge is 0.379 e. The first kappa shape index (κ1) is 31.4. The number of para-hydroxylation sites is 1. The number of nitrogens with zero attached hydrogens (tertiary/aromatic N) is 4. The second-order valence-corrected chi connectivity index (χ2v) is 12.9. The Morgan fingerprint density at radius 3 is 2.24 bits per heavy atom. The van der Waals surface area contributed by atoms with Crippen LogP contribution in [0.3, 0.4) is 0 Å². The topological polar surface area (TPSA) is 98.6 Å². The van der Waals surface area contributed by atoms with Gasteiger partial charge < -0.3 is 19.7 Å². The van der Waals surface area contributed by atoms with Crippen molar-refractivity contribution in [3.8, 4) is 22.5 Å². The minimum atomic E-state index is -0.316. The minimum absolute atomic E-state index is 0.0700. The summed E-state index contributed by atoms with van der Waals surface area (Å²) in [4.78, 5) is 27.9. The molecule has 1 aliphatic rings.